The van der Waals surface area contributed by atoms with Crippen LogP contribution < -0.4 is 11.5 Å². The van der Waals surface area contributed by atoms with E-state index in [1.807, 2.05) is 0 Å². The Morgan fingerprint density at radius 3 is 2.05 bits per heavy atom. The molecule has 6 heteroatoms. The number of alkyl halides is 3. The number of benzene rings is 2. The fraction of sp³-hybridized carbons (Fsp3) is 0.143. The van der Waals surface area contributed by atoms with Crippen molar-refractivity contribution in [1.82, 2.24) is 0 Å². The number of rotatable bonds is 2. The summed E-state index contributed by atoms with van der Waals surface area (Å²) in [4.78, 5) is 0. The van der Waals surface area contributed by atoms with Crippen molar-refractivity contribution >= 4 is 11.4 Å². The van der Waals surface area contributed by atoms with Crippen molar-refractivity contribution in [2.75, 3.05) is 11.5 Å². The van der Waals surface area contributed by atoms with E-state index in [-0.39, 0.29) is 22.5 Å². The van der Waals surface area contributed by atoms with Crippen LogP contribution in [0.4, 0.5) is 28.9 Å². The molecular weight excluding hydrogens is 272 g/mol. The third kappa shape index (κ3) is 2.84. The summed E-state index contributed by atoms with van der Waals surface area (Å²) >= 11 is 0. The molecule has 0 radical (unpaired) electrons. The smallest absolute Gasteiger partial charge is 0.399 e. The van der Waals surface area contributed by atoms with Crippen LogP contribution in [0.3, 0.4) is 0 Å². The Labute approximate surface area is 113 Å². The zero-order valence-corrected chi connectivity index (χ0v) is 10.3. The molecule has 0 heterocycles. The monoisotopic (exact) mass is 284 g/mol. The second kappa shape index (κ2) is 5.03. The molecule has 106 valence electrons. The lowest BCUT2D eigenvalue weighted by Crippen LogP contribution is -2.23. The van der Waals surface area contributed by atoms with Gasteiger partial charge >= 0.3 is 6.18 Å². The van der Waals surface area contributed by atoms with Crippen molar-refractivity contribution in [2.45, 2.75) is 12.1 Å². The minimum Gasteiger partial charge on any atom is -0.399 e. The first-order valence-electron chi connectivity index (χ1n) is 5.76. The molecule has 2 nitrogen and oxygen atoms in total. The lowest BCUT2D eigenvalue weighted by atomic mass is 9.89. The summed E-state index contributed by atoms with van der Waals surface area (Å²) in [6, 6.07) is 8.10. The zero-order chi connectivity index (χ0) is 14.9. The van der Waals surface area contributed by atoms with Gasteiger partial charge in [-0.15, -0.1) is 0 Å². The molecule has 2 rings (SSSR count). The van der Waals surface area contributed by atoms with Gasteiger partial charge in [-0.05, 0) is 41.5 Å². The van der Waals surface area contributed by atoms with Crippen LogP contribution in [0.2, 0.25) is 0 Å². The minimum absolute atomic E-state index is 0.00847. The van der Waals surface area contributed by atoms with E-state index in [0.29, 0.717) is 0 Å². The van der Waals surface area contributed by atoms with Crippen LogP contribution in [0.1, 0.15) is 17.0 Å². The number of hydrogen-bond donors (Lipinski definition) is 2. The van der Waals surface area contributed by atoms with Gasteiger partial charge in [0.2, 0.25) is 0 Å². The van der Waals surface area contributed by atoms with Crippen LogP contribution in [-0.2, 0) is 0 Å². The van der Waals surface area contributed by atoms with Crippen molar-refractivity contribution in [1.29, 1.82) is 0 Å². The largest absolute Gasteiger partial charge is 0.399 e. The molecule has 0 aromatic heterocycles. The van der Waals surface area contributed by atoms with E-state index in [9.17, 15) is 17.6 Å². The molecule has 4 N–H and O–H groups in total. The van der Waals surface area contributed by atoms with E-state index in [1.165, 1.54) is 18.2 Å². The van der Waals surface area contributed by atoms with Crippen LogP contribution in [0.25, 0.3) is 0 Å². The average Bonchev–Trinajstić information content (AvgIpc) is 2.35. The summed E-state index contributed by atoms with van der Waals surface area (Å²) in [5.41, 5.74) is 11.1. The van der Waals surface area contributed by atoms with Crippen LogP contribution in [0, 0.1) is 5.82 Å². The third-order valence-corrected chi connectivity index (χ3v) is 2.95. The van der Waals surface area contributed by atoms with Gasteiger partial charge in [0.15, 0.2) is 0 Å². The molecule has 2 aromatic rings. The lowest BCUT2D eigenvalue weighted by molar-refractivity contribution is -0.141. The molecule has 1 atom stereocenters. The molecule has 2 aromatic carbocycles. The predicted molar refractivity (Wildman–Crippen MR) is 69.6 cm³/mol. The van der Waals surface area contributed by atoms with E-state index < -0.39 is 17.9 Å². The Balaban J connectivity index is 2.59. The van der Waals surface area contributed by atoms with Gasteiger partial charge in [0, 0.05) is 11.4 Å². The number of halogens is 4. The summed E-state index contributed by atoms with van der Waals surface area (Å²) in [6.45, 7) is 0. The highest BCUT2D eigenvalue weighted by Crippen LogP contribution is 2.42. The molecule has 0 aliphatic carbocycles. The molecular formula is C14H12F4N2. The number of nitrogen functional groups attached to an aromatic ring is 2. The fourth-order valence-electron chi connectivity index (χ4n) is 2.04. The van der Waals surface area contributed by atoms with E-state index >= 15 is 0 Å². The van der Waals surface area contributed by atoms with Crippen LogP contribution in [-0.4, -0.2) is 6.18 Å². The zero-order valence-electron chi connectivity index (χ0n) is 10.3. The highest BCUT2D eigenvalue weighted by Gasteiger charge is 2.42. The maximum atomic E-state index is 13.3. The van der Waals surface area contributed by atoms with Crippen molar-refractivity contribution in [3.8, 4) is 0 Å². The molecule has 20 heavy (non-hydrogen) atoms. The Morgan fingerprint density at radius 2 is 1.50 bits per heavy atom. The van der Waals surface area contributed by atoms with Crippen molar-refractivity contribution in [3.63, 3.8) is 0 Å². The standard InChI is InChI=1S/C14H12F4N2/c15-9-3-1-8(2-4-9)13(14(16,17)18)11-7-10(19)5-6-12(11)20/h1-7,13H,19-20H2. The van der Waals surface area contributed by atoms with Crippen molar-refractivity contribution in [2.24, 2.45) is 0 Å². The highest BCUT2D eigenvalue weighted by atomic mass is 19.4. The normalized spacial score (nSPS) is 13.2. The second-order valence-corrected chi connectivity index (χ2v) is 4.41. The van der Waals surface area contributed by atoms with Gasteiger partial charge in [-0.25, -0.2) is 4.39 Å². The van der Waals surface area contributed by atoms with E-state index in [2.05, 4.69) is 0 Å². The number of hydrogen-bond acceptors (Lipinski definition) is 2. The van der Waals surface area contributed by atoms with Crippen LogP contribution in [0.15, 0.2) is 42.5 Å². The van der Waals surface area contributed by atoms with Gasteiger partial charge < -0.3 is 11.5 Å². The van der Waals surface area contributed by atoms with Gasteiger partial charge in [-0.1, -0.05) is 12.1 Å². The Hall–Kier alpha value is -2.24. The van der Waals surface area contributed by atoms with Crippen LogP contribution in [0.5, 0.6) is 0 Å². The Morgan fingerprint density at radius 1 is 0.900 bits per heavy atom. The molecule has 0 fully saturated rings. The van der Waals surface area contributed by atoms with E-state index in [4.69, 9.17) is 11.5 Å². The van der Waals surface area contributed by atoms with Crippen molar-refractivity contribution in [3.05, 3.63) is 59.4 Å². The Kier molecular flexibility index (Phi) is 3.57. The van der Waals surface area contributed by atoms with Crippen molar-refractivity contribution < 1.29 is 17.6 Å². The van der Waals surface area contributed by atoms with Gasteiger partial charge in [0.25, 0.3) is 0 Å². The Bertz CT molecular complexity index is 606. The molecule has 0 amide bonds. The molecule has 0 saturated heterocycles. The molecule has 0 aliphatic heterocycles. The first kappa shape index (κ1) is 14.2. The summed E-state index contributed by atoms with van der Waals surface area (Å²) in [7, 11) is 0. The molecule has 1 unspecified atom stereocenters. The van der Waals surface area contributed by atoms with Gasteiger partial charge in [-0.3, -0.25) is 0 Å². The highest BCUT2D eigenvalue weighted by molar-refractivity contribution is 5.59. The van der Waals surface area contributed by atoms with Gasteiger partial charge in [0.1, 0.15) is 11.7 Å². The average molecular weight is 284 g/mol. The maximum absolute atomic E-state index is 13.3. The maximum Gasteiger partial charge on any atom is 0.399 e. The minimum atomic E-state index is -4.56. The van der Waals surface area contributed by atoms with Gasteiger partial charge in [0.05, 0.1) is 0 Å². The molecule has 0 spiro atoms. The topological polar surface area (TPSA) is 52.0 Å². The quantitative estimate of drug-likeness (QED) is 0.653. The van der Waals surface area contributed by atoms with Crippen LogP contribution >= 0.6 is 0 Å². The fourth-order valence-corrected chi connectivity index (χ4v) is 2.04. The number of nitrogens with two attached hydrogens (primary N) is 2. The van der Waals surface area contributed by atoms with E-state index in [1.54, 1.807) is 0 Å². The predicted octanol–water partition coefficient (Wildman–Crippen LogP) is 3.68. The summed E-state index contributed by atoms with van der Waals surface area (Å²) in [5, 5.41) is 0. The summed E-state index contributed by atoms with van der Waals surface area (Å²) in [6.07, 6.45) is -4.56. The summed E-state index contributed by atoms with van der Waals surface area (Å²) in [5.74, 6) is -2.54. The second-order valence-electron chi connectivity index (χ2n) is 4.41. The van der Waals surface area contributed by atoms with Gasteiger partial charge in [-0.2, -0.15) is 13.2 Å². The first-order chi connectivity index (χ1) is 9.29. The third-order valence-electron chi connectivity index (χ3n) is 2.95. The van der Waals surface area contributed by atoms with E-state index in [0.717, 1.165) is 24.3 Å². The first-order valence-corrected chi connectivity index (χ1v) is 5.76. The lowest BCUT2D eigenvalue weighted by Gasteiger charge is -2.23. The molecule has 0 aliphatic rings. The number of anilines is 2. The summed E-state index contributed by atoms with van der Waals surface area (Å²) < 4.78 is 52.8. The molecule has 0 bridgehead atoms. The molecule has 0 saturated carbocycles. The SMILES string of the molecule is Nc1ccc(N)c(C(c2ccc(F)cc2)C(F)(F)F)c1.